The van der Waals surface area contributed by atoms with Gasteiger partial charge in [0.2, 0.25) is 11.3 Å². The molecule has 1 aromatic carbocycles. The standard InChI is InChI=1S/C19H14BrN5O4/c20-14-4-2-1-3-11(14)8-25-9-12(23-24-25)10-29-16-6-5-15-17(22-16)18(26)13(7-21-15)19(27)28/h1-7,9H,8,10H2,(H,21,26)(H,27,28). The fourth-order valence-electron chi connectivity index (χ4n) is 2.74. The number of carboxylic acid groups (broad SMARTS) is 1. The van der Waals surface area contributed by atoms with E-state index in [0.29, 0.717) is 17.8 Å². The van der Waals surface area contributed by atoms with Gasteiger partial charge in [0.15, 0.2) is 0 Å². The molecule has 3 heterocycles. The van der Waals surface area contributed by atoms with Crippen LogP contribution in [-0.2, 0) is 13.2 Å². The molecular formula is C19H14BrN5O4. The zero-order chi connectivity index (χ0) is 20.4. The predicted octanol–water partition coefficient (Wildman–Crippen LogP) is 2.60. The number of nitrogens with one attached hydrogen (secondary N) is 1. The first-order chi connectivity index (χ1) is 14.0. The van der Waals surface area contributed by atoms with Gasteiger partial charge in [0.25, 0.3) is 0 Å². The number of aromatic nitrogens is 5. The fourth-order valence-corrected chi connectivity index (χ4v) is 3.15. The molecule has 0 fully saturated rings. The van der Waals surface area contributed by atoms with Crippen molar-refractivity contribution in [2.45, 2.75) is 13.2 Å². The van der Waals surface area contributed by atoms with Gasteiger partial charge < -0.3 is 14.8 Å². The first-order valence-corrected chi connectivity index (χ1v) is 9.31. The molecule has 0 aliphatic rings. The van der Waals surface area contributed by atoms with Gasteiger partial charge in [-0.2, -0.15) is 0 Å². The van der Waals surface area contributed by atoms with Gasteiger partial charge in [-0.3, -0.25) is 4.79 Å². The predicted molar refractivity (Wildman–Crippen MR) is 107 cm³/mol. The van der Waals surface area contributed by atoms with Crippen LogP contribution in [0.4, 0.5) is 0 Å². The second-order valence-electron chi connectivity index (χ2n) is 6.17. The summed E-state index contributed by atoms with van der Waals surface area (Å²) in [5.41, 5.74) is 1.03. The minimum absolute atomic E-state index is 0.0000165. The Bertz CT molecular complexity index is 1270. The monoisotopic (exact) mass is 455 g/mol. The number of hydrogen-bond acceptors (Lipinski definition) is 6. The maximum absolute atomic E-state index is 12.3. The number of benzene rings is 1. The van der Waals surface area contributed by atoms with Crippen LogP contribution in [0, 0.1) is 0 Å². The van der Waals surface area contributed by atoms with Crippen molar-refractivity contribution in [2.75, 3.05) is 0 Å². The number of halogens is 1. The first-order valence-electron chi connectivity index (χ1n) is 8.52. The van der Waals surface area contributed by atoms with Gasteiger partial charge in [-0.05, 0) is 17.7 Å². The summed E-state index contributed by atoms with van der Waals surface area (Å²) in [6.07, 6.45) is 2.91. The molecule has 0 atom stereocenters. The number of pyridine rings is 2. The van der Waals surface area contributed by atoms with E-state index in [0.717, 1.165) is 16.2 Å². The lowest BCUT2D eigenvalue weighted by Crippen LogP contribution is -2.16. The summed E-state index contributed by atoms with van der Waals surface area (Å²) in [7, 11) is 0. The maximum atomic E-state index is 12.3. The molecule has 4 rings (SSSR count). The number of rotatable bonds is 6. The Morgan fingerprint density at radius 3 is 2.86 bits per heavy atom. The van der Waals surface area contributed by atoms with Gasteiger partial charge in [-0.1, -0.05) is 39.3 Å². The van der Waals surface area contributed by atoms with Crippen molar-refractivity contribution < 1.29 is 14.6 Å². The number of nitrogens with zero attached hydrogens (tertiary/aromatic N) is 4. The number of aromatic carboxylic acids is 1. The summed E-state index contributed by atoms with van der Waals surface area (Å²) < 4.78 is 8.28. The van der Waals surface area contributed by atoms with Crippen molar-refractivity contribution in [1.29, 1.82) is 0 Å². The van der Waals surface area contributed by atoms with Crippen LogP contribution in [0.3, 0.4) is 0 Å². The third kappa shape index (κ3) is 4.02. The van der Waals surface area contributed by atoms with E-state index in [-0.39, 0.29) is 23.6 Å². The highest BCUT2D eigenvalue weighted by atomic mass is 79.9. The summed E-state index contributed by atoms with van der Waals surface area (Å²) in [4.78, 5) is 30.2. The molecule has 3 aromatic heterocycles. The topological polar surface area (TPSA) is 123 Å². The van der Waals surface area contributed by atoms with E-state index in [2.05, 4.69) is 36.2 Å². The molecule has 0 spiro atoms. The zero-order valence-electron chi connectivity index (χ0n) is 14.9. The van der Waals surface area contributed by atoms with Crippen LogP contribution in [0.2, 0.25) is 0 Å². The Kier molecular flexibility index (Phi) is 5.09. The molecule has 0 radical (unpaired) electrons. The number of carboxylic acids is 1. The van der Waals surface area contributed by atoms with Gasteiger partial charge in [0.05, 0.1) is 18.3 Å². The summed E-state index contributed by atoms with van der Waals surface area (Å²) in [5, 5.41) is 17.2. The normalized spacial score (nSPS) is 10.9. The zero-order valence-corrected chi connectivity index (χ0v) is 16.5. The molecule has 0 aliphatic carbocycles. The number of H-pyrrole nitrogens is 1. The second-order valence-corrected chi connectivity index (χ2v) is 7.02. The number of fused-ring (bicyclic) bond motifs is 1. The number of carbonyl (C=O) groups is 1. The third-order valence-corrected chi connectivity index (χ3v) is 4.95. The average molecular weight is 456 g/mol. The molecule has 0 unspecified atom stereocenters. The highest BCUT2D eigenvalue weighted by Crippen LogP contribution is 2.17. The molecule has 0 aliphatic heterocycles. The van der Waals surface area contributed by atoms with Crippen LogP contribution in [0.25, 0.3) is 11.0 Å². The van der Waals surface area contributed by atoms with Crippen LogP contribution in [0.15, 0.2) is 58.1 Å². The van der Waals surface area contributed by atoms with Crippen molar-refractivity contribution in [2.24, 2.45) is 0 Å². The van der Waals surface area contributed by atoms with Gasteiger partial charge >= 0.3 is 5.97 Å². The van der Waals surface area contributed by atoms with Crippen molar-refractivity contribution in [3.63, 3.8) is 0 Å². The van der Waals surface area contributed by atoms with E-state index in [1.165, 1.54) is 0 Å². The maximum Gasteiger partial charge on any atom is 0.341 e. The van der Waals surface area contributed by atoms with Crippen LogP contribution < -0.4 is 10.2 Å². The van der Waals surface area contributed by atoms with Gasteiger partial charge in [0, 0.05) is 16.7 Å². The lowest BCUT2D eigenvalue weighted by Gasteiger charge is -2.05. The van der Waals surface area contributed by atoms with Gasteiger partial charge in [-0.15, -0.1) is 5.10 Å². The second kappa shape index (κ2) is 7.84. The first kappa shape index (κ1) is 18.8. The van der Waals surface area contributed by atoms with Crippen molar-refractivity contribution >= 4 is 32.9 Å². The Morgan fingerprint density at radius 2 is 2.07 bits per heavy atom. The molecular weight excluding hydrogens is 442 g/mol. The van der Waals surface area contributed by atoms with Crippen LogP contribution in [0.5, 0.6) is 5.88 Å². The van der Waals surface area contributed by atoms with Crippen molar-refractivity contribution in [1.82, 2.24) is 25.0 Å². The Balaban J connectivity index is 1.49. The minimum Gasteiger partial charge on any atom is -0.477 e. The molecule has 2 N–H and O–H groups in total. The summed E-state index contributed by atoms with van der Waals surface area (Å²) in [6, 6.07) is 11.0. The molecule has 10 heteroatoms. The van der Waals surface area contributed by atoms with Crippen LogP contribution >= 0.6 is 15.9 Å². The summed E-state index contributed by atoms with van der Waals surface area (Å²) in [6.45, 7) is 0.654. The van der Waals surface area contributed by atoms with E-state index in [4.69, 9.17) is 9.84 Å². The Hall–Kier alpha value is -3.53. The highest BCUT2D eigenvalue weighted by molar-refractivity contribution is 9.10. The smallest absolute Gasteiger partial charge is 0.341 e. The molecule has 4 aromatic rings. The molecule has 29 heavy (non-hydrogen) atoms. The molecule has 9 nitrogen and oxygen atoms in total. The van der Waals surface area contributed by atoms with Crippen LogP contribution in [0.1, 0.15) is 21.6 Å². The van der Waals surface area contributed by atoms with Gasteiger partial charge in [-0.25, -0.2) is 14.5 Å². The van der Waals surface area contributed by atoms with E-state index in [1.807, 2.05) is 24.3 Å². The minimum atomic E-state index is -1.32. The lowest BCUT2D eigenvalue weighted by molar-refractivity contribution is 0.0695. The number of hydrogen-bond donors (Lipinski definition) is 2. The molecule has 0 saturated carbocycles. The van der Waals surface area contributed by atoms with E-state index in [9.17, 15) is 9.59 Å². The van der Waals surface area contributed by atoms with Gasteiger partial charge in [0.1, 0.15) is 23.4 Å². The Morgan fingerprint density at radius 1 is 1.24 bits per heavy atom. The molecule has 0 saturated heterocycles. The quantitative estimate of drug-likeness (QED) is 0.457. The Labute approximate surface area is 172 Å². The molecule has 0 bridgehead atoms. The van der Waals surface area contributed by atoms with Crippen molar-refractivity contribution in [3.8, 4) is 5.88 Å². The summed E-state index contributed by atoms with van der Waals surface area (Å²) >= 11 is 3.50. The van der Waals surface area contributed by atoms with E-state index >= 15 is 0 Å². The molecule has 0 amide bonds. The largest absolute Gasteiger partial charge is 0.477 e. The van der Waals surface area contributed by atoms with E-state index < -0.39 is 11.4 Å². The third-order valence-electron chi connectivity index (χ3n) is 4.18. The fraction of sp³-hybridized carbons (Fsp3) is 0.105. The highest BCUT2D eigenvalue weighted by Gasteiger charge is 2.13. The molecule has 146 valence electrons. The average Bonchev–Trinajstić information content (AvgIpc) is 3.16. The SMILES string of the molecule is O=C(O)c1c[nH]c2ccc(OCc3cn(Cc4ccccc4Br)nn3)nc2c1=O. The summed E-state index contributed by atoms with van der Waals surface area (Å²) in [5.74, 6) is -1.13. The van der Waals surface area contributed by atoms with E-state index in [1.54, 1.807) is 23.0 Å². The lowest BCUT2D eigenvalue weighted by atomic mass is 10.2. The number of aromatic amines is 1. The number of ether oxygens (including phenoxy) is 1. The van der Waals surface area contributed by atoms with Crippen LogP contribution in [-0.4, -0.2) is 36.0 Å². The van der Waals surface area contributed by atoms with Crippen molar-refractivity contribution in [3.05, 3.63) is 80.3 Å².